The molecule has 454 valence electrons. The lowest BCUT2D eigenvalue weighted by atomic mass is 9.69. The number of hydrazine groups is 1. The molecule has 1 aromatic carbocycles. The number of hydrogen-bond acceptors (Lipinski definition) is 14. The van der Waals surface area contributed by atoms with Gasteiger partial charge >= 0.3 is 5.97 Å². The first kappa shape index (κ1) is 68.2. The number of ketones is 1. The molecule has 19 heteroatoms. The van der Waals surface area contributed by atoms with E-state index in [4.69, 9.17) is 9.47 Å². The number of phenolic OH excluding ortho intramolecular Hbond substituents is 1. The van der Waals surface area contributed by atoms with Crippen LogP contribution >= 0.6 is 0 Å². The van der Waals surface area contributed by atoms with E-state index in [-0.39, 0.29) is 73.2 Å². The summed E-state index contributed by atoms with van der Waals surface area (Å²) in [6.07, 6.45) is 12.7. The highest BCUT2D eigenvalue weighted by Crippen LogP contribution is 2.46. The monoisotopic (exact) mass is 1140 g/mol. The van der Waals surface area contributed by atoms with Crippen molar-refractivity contribution in [1.29, 1.82) is 0 Å². The summed E-state index contributed by atoms with van der Waals surface area (Å²) < 4.78 is 26.4. The lowest BCUT2D eigenvalue weighted by Crippen LogP contribution is -2.71. The third-order valence-corrected chi connectivity index (χ3v) is 17.2. The van der Waals surface area contributed by atoms with Crippen molar-refractivity contribution >= 4 is 35.4 Å². The Labute approximate surface area is 479 Å². The van der Waals surface area contributed by atoms with Crippen LogP contribution in [0.15, 0.2) is 66.3 Å². The number of nitrogens with zero attached hydrogens (tertiary/aromatic N) is 1. The number of aliphatic hydroxyl groups excluding tert-OH is 4. The fraction of sp³-hybridized carbons (Fsp3) is 0.677. The van der Waals surface area contributed by atoms with E-state index in [0.717, 1.165) is 43.4 Å². The molecule has 4 heterocycles. The highest BCUT2D eigenvalue weighted by atomic mass is 19.1. The molecule has 4 amide bonds. The Balaban J connectivity index is 0.000000422. The van der Waals surface area contributed by atoms with Gasteiger partial charge in [0.05, 0.1) is 36.4 Å². The number of nitrogens with one attached hydrogen (secondary N) is 4. The van der Waals surface area contributed by atoms with Crippen LogP contribution in [0.5, 0.6) is 5.75 Å². The molecule has 0 aromatic heterocycles. The summed E-state index contributed by atoms with van der Waals surface area (Å²) >= 11 is 0. The van der Waals surface area contributed by atoms with E-state index in [2.05, 4.69) is 41.3 Å². The van der Waals surface area contributed by atoms with Gasteiger partial charge in [-0.05, 0) is 108 Å². The zero-order valence-electron chi connectivity index (χ0n) is 49.9. The van der Waals surface area contributed by atoms with E-state index in [9.17, 15) is 58.7 Å². The van der Waals surface area contributed by atoms with Gasteiger partial charge in [0.1, 0.15) is 35.7 Å². The van der Waals surface area contributed by atoms with Crippen LogP contribution in [0.2, 0.25) is 0 Å². The van der Waals surface area contributed by atoms with Crippen molar-refractivity contribution in [2.45, 2.75) is 214 Å². The third-order valence-electron chi connectivity index (χ3n) is 17.2. The number of ether oxygens (including phenoxy) is 2. The number of phenols is 1. The third kappa shape index (κ3) is 18.6. The largest absolute Gasteiger partial charge is 0.505 e. The van der Waals surface area contributed by atoms with Crippen LogP contribution in [0.25, 0.3) is 0 Å². The van der Waals surface area contributed by atoms with E-state index < -0.39 is 107 Å². The van der Waals surface area contributed by atoms with Crippen LogP contribution in [0, 0.1) is 53.2 Å². The Bertz CT molecular complexity index is 2400. The summed E-state index contributed by atoms with van der Waals surface area (Å²) in [5.74, 6) is -6.91. The van der Waals surface area contributed by atoms with Crippen LogP contribution in [0.4, 0.5) is 4.39 Å². The van der Waals surface area contributed by atoms with E-state index in [1.165, 1.54) is 24.1 Å². The molecule has 2 bridgehead atoms. The number of aromatic hydroxyl groups is 1. The smallest absolute Gasteiger partial charge is 0.325 e. The second-order valence-corrected chi connectivity index (χ2v) is 23.5. The molecule has 5 rings (SSSR count). The Morgan fingerprint density at radius 2 is 1.65 bits per heavy atom. The number of hydrogen-bond donors (Lipinski definition) is 9. The fourth-order valence-corrected chi connectivity index (χ4v) is 11.3. The van der Waals surface area contributed by atoms with Gasteiger partial charge in [-0.15, -0.1) is 0 Å². The molecule has 3 fully saturated rings. The number of amides is 4. The van der Waals surface area contributed by atoms with Gasteiger partial charge in [0.25, 0.3) is 5.91 Å². The Kier molecular flexibility index (Phi) is 26.9. The van der Waals surface area contributed by atoms with Gasteiger partial charge in [-0.1, -0.05) is 104 Å². The summed E-state index contributed by atoms with van der Waals surface area (Å²) in [5, 5.41) is 63.9. The molecule has 3 saturated heterocycles. The zero-order valence-corrected chi connectivity index (χ0v) is 49.9. The molecule has 1 aromatic rings. The first-order valence-electron chi connectivity index (χ1n) is 29.4. The Morgan fingerprint density at radius 3 is 2.28 bits per heavy atom. The average molecular weight is 1140 g/mol. The second-order valence-electron chi connectivity index (χ2n) is 23.5. The van der Waals surface area contributed by atoms with Crippen molar-refractivity contribution in [3.05, 3.63) is 77.7 Å². The summed E-state index contributed by atoms with van der Waals surface area (Å²) in [4.78, 5) is 79.9. The van der Waals surface area contributed by atoms with Crippen LogP contribution in [0.1, 0.15) is 153 Å². The highest BCUT2D eigenvalue weighted by molar-refractivity contribution is 5.93. The van der Waals surface area contributed by atoms with Gasteiger partial charge in [0, 0.05) is 61.8 Å². The number of allylic oxidation sites excluding steroid dienone is 5. The molecule has 18 nitrogen and oxygen atoms in total. The first-order chi connectivity index (χ1) is 38.2. The average Bonchev–Trinajstić information content (AvgIpc) is 3.43. The number of cyclic esters (lactones) is 1. The van der Waals surface area contributed by atoms with Gasteiger partial charge in [0.15, 0.2) is 11.6 Å². The van der Waals surface area contributed by atoms with Crippen LogP contribution < -0.4 is 21.4 Å². The molecule has 4 aliphatic heterocycles. The van der Waals surface area contributed by atoms with Crippen molar-refractivity contribution in [3.8, 4) is 5.75 Å². The number of piperidine rings is 1. The minimum absolute atomic E-state index is 0.00333. The van der Waals surface area contributed by atoms with Gasteiger partial charge in [-0.3, -0.25) is 29.0 Å². The highest BCUT2D eigenvalue weighted by Gasteiger charge is 2.57. The Hall–Kier alpha value is -5.31. The van der Waals surface area contributed by atoms with Crippen molar-refractivity contribution in [2.75, 3.05) is 6.54 Å². The van der Waals surface area contributed by atoms with Gasteiger partial charge in [-0.25, -0.2) is 9.82 Å². The number of esters is 1. The number of Topliss-reactive ketones (excluding diaryl/α,β-unsaturated/α-hetero) is 1. The molecular formula is C62H96FN5O13. The zero-order chi connectivity index (χ0) is 60.5. The summed E-state index contributed by atoms with van der Waals surface area (Å²) in [6, 6.07) is 0.157. The molecular weight excluding hydrogens is 1040 g/mol. The predicted octanol–water partition coefficient (Wildman–Crippen LogP) is 6.57. The maximum Gasteiger partial charge on any atom is 0.325 e. The molecule has 4 aliphatic rings. The maximum absolute atomic E-state index is 14.1. The van der Waals surface area contributed by atoms with Gasteiger partial charge in [-0.2, -0.15) is 0 Å². The summed E-state index contributed by atoms with van der Waals surface area (Å²) in [5.41, 5.74) is 3.22. The van der Waals surface area contributed by atoms with E-state index in [1.54, 1.807) is 39.0 Å². The maximum atomic E-state index is 14.1. The molecule has 0 saturated carbocycles. The van der Waals surface area contributed by atoms with Crippen LogP contribution in [0.3, 0.4) is 0 Å². The molecule has 9 N–H and O–H groups in total. The van der Waals surface area contributed by atoms with Gasteiger partial charge in [0.2, 0.25) is 17.7 Å². The quantitative estimate of drug-likeness (QED) is 0.0704. The molecule has 17 atom stereocenters. The van der Waals surface area contributed by atoms with E-state index in [0.29, 0.717) is 31.2 Å². The summed E-state index contributed by atoms with van der Waals surface area (Å²) in [7, 11) is 0. The molecule has 81 heavy (non-hydrogen) atoms. The number of fused-ring (bicyclic) bond motifs is 2. The number of rotatable bonds is 14. The number of carbonyl (C=O) groups excluding carboxylic acids is 6. The fourth-order valence-electron chi connectivity index (χ4n) is 11.3. The lowest BCUT2D eigenvalue weighted by Gasteiger charge is -2.56. The number of halogens is 1. The lowest BCUT2D eigenvalue weighted by molar-refractivity contribution is -0.267. The van der Waals surface area contributed by atoms with Crippen LogP contribution in [-0.2, 0) is 44.7 Å². The molecule has 1 unspecified atom stereocenters. The minimum atomic E-state index is -1.41. The minimum Gasteiger partial charge on any atom is -0.505 e. The standard InChI is InChI=1S/C39H55FN4O9.C23H41NO4/c1-7-23(4)33-14-10-8-9-13-31(46)25(6)35(48)27(17-15-24(5)45)36(49)42-34(22(2)3)37(50)41-30(20-26-16-18-28(40)32(47)21-26)38(51)44-19-11-12-29(43-44)39(52)53-33;1-7-9-10-11-14(3)19(25)13-20-16(5)21(26)17(6)23(28-20)15(4)12-18(8-2)22(27)24-23/h7-10,13,16,18,21-22,25,27,29-31,33-35,43,46-48H,11-12,14-15,17,19-20H2,1-6H3,(H,41,50)(H,42,49);7,9,14-21,25-26H,8,10-13H2,1-6H3,(H,24,27)/b10-8+,13-9+,23-7+;9-7+/t25-,27+,29?,30-,31-,33-,34-,35+;14-,15-,16-,17-,18-,19-,20-,21-,23+/m00/s1. The van der Waals surface area contributed by atoms with Gasteiger partial charge < -0.3 is 55.8 Å². The molecule has 0 aliphatic carbocycles. The number of aliphatic hydroxyl groups is 4. The topological polar surface area (TPSA) is 273 Å². The summed E-state index contributed by atoms with van der Waals surface area (Å²) in [6.45, 7) is 22.3. The van der Waals surface area contributed by atoms with Crippen molar-refractivity contribution < 1.29 is 68.2 Å². The molecule has 1 spiro atoms. The Morgan fingerprint density at radius 1 is 0.951 bits per heavy atom. The molecule has 0 radical (unpaired) electrons. The van der Waals surface area contributed by atoms with Crippen LogP contribution in [-0.4, -0.2) is 133 Å². The van der Waals surface area contributed by atoms with Crippen molar-refractivity contribution in [3.63, 3.8) is 0 Å². The van der Waals surface area contributed by atoms with E-state index >= 15 is 0 Å². The first-order valence-corrected chi connectivity index (χ1v) is 29.4. The normalized spacial score (nSPS) is 33.9. The van der Waals surface area contributed by atoms with E-state index in [1.807, 2.05) is 53.7 Å². The SMILES string of the molecule is C/C=C(\C)[C@@H]1C/C=C/C=C/[C@H](O)[C@H](C)[C@@H](O)[C@@H](CCC(C)=O)C(=O)N[C@@H](C(C)C)C(=O)N[C@@H](Cc2ccc(F)c(O)c2)C(=O)N2CCCC(N2)C(=O)O1.C/C=C/CC[C@H](C)[C@@H](O)C[C@@H]1O[C@@]2(NC(=O)[C@@H](CC)C[C@@H]2C)[C@@H](C)[C@@H](O)[C@H]1C. The van der Waals surface area contributed by atoms with Crippen molar-refractivity contribution in [2.24, 2.45) is 47.3 Å². The predicted molar refractivity (Wildman–Crippen MR) is 307 cm³/mol. The number of benzene rings is 1. The number of carbonyl (C=O) groups is 6. The van der Waals surface area contributed by atoms with Crippen molar-refractivity contribution in [1.82, 2.24) is 26.4 Å². The second kappa shape index (κ2) is 31.9.